The van der Waals surface area contributed by atoms with Crippen LogP contribution in [0.2, 0.25) is 0 Å². The molecule has 0 amide bonds. The van der Waals surface area contributed by atoms with E-state index in [2.05, 4.69) is 0 Å². The number of benzene rings is 4. The lowest BCUT2D eigenvalue weighted by molar-refractivity contribution is -0.678. The third-order valence-electron chi connectivity index (χ3n) is 8.55. The molecule has 9 nitrogen and oxygen atoms in total. The fourth-order valence-electron chi connectivity index (χ4n) is 6.46. The molecule has 226 valence electrons. The average molecular weight is 651 g/mol. The number of quaternary nitrogens is 1. The Balaban J connectivity index is 1.39. The normalized spacial score (nSPS) is 20.9. The van der Waals surface area contributed by atoms with Crippen LogP contribution < -0.4 is 9.05 Å². The van der Waals surface area contributed by atoms with Gasteiger partial charge in [-0.1, -0.05) is 60.7 Å². The number of aromatic nitrogens is 1. The molecule has 3 heterocycles. The Morgan fingerprint density at radius 2 is 1.68 bits per heavy atom. The van der Waals surface area contributed by atoms with E-state index in [1.165, 1.54) is 11.8 Å². The van der Waals surface area contributed by atoms with Gasteiger partial charge in [-0.3, -0.25) is 9.11 Å². The van der Waals surface area contributed by atoms with Gasteiger partial charge >= 0.3 is 16.0 Å². The topological polar surface area (TPSA) is 126 Å². The van der Waals surface area contributed by atoms with Gasteiger partial charge in [0.15, 0.2) is 17.3 Å². The Bertz CT molecular complexity index is 2180. The fraction of sp³-hybridized carbons (Fsp3) is 0.219. The number of hydrogen-bond acceptors (Lipinski definition) is 6. The van der Waals surface area contributed by atoms with Gasteiger partial charge in [-0.2, -0.15) is 21.4 Å². The van der Waals surface area contributed by atoms with Gasteiger partial charge in [0.2, 0.25) is 11.0 Å². The molecule has 1 saturated heterocycles. The molecule has 2 atom stereocenters. The van der Waals surface area contributed by atoms with Crippen molar-refractivity contribution in [3.63, 3.8) is 0 Å². The van der Waals surface area contributed by atoms with Crippen molar-refractivity contribution in [2.45, 2.75) is 36.1 Å². The zero-order valence-electron chi connectivity index (χ0n) is 23.5. The molecule has 2 aliphatic rings. The van der Waals surface area contributed by atoms with Crippen LogP contribution in [0, 0.1) is 0 Å². The number of aryl methyl sites for hydroxylation is 1. The highest BCUT2D eigenvalue weighted by Gasteiger charge is 2.62. The highest BCUT2D eigenvalue weighted by Crippen LogP contribution is 2.60. The van der Waals surface area contributed by atoms with Crippen LogP contribution in [0.15, 0.2) is 99.3 Å². The van der Waals surface area contributed by atoms with Gasteiger partial charge in [-0.05, 0) is 52.9 Å². The van der Waals surface area contributed by atoms with Gasteiger partial charge in [-0.15, -0.1) is 0 Å². The molecule has 2 unspecified atom stereocenters. The predicted molar refractivity (Wildman–Crippen MR) is 172 cm³/mol. The minimum atomic E-state index is -4.40. The molecule has 7 rings (SSSR count). The molecule has 2 N–H and O–H groups in total. The van der Waals surface area contributed by atoms with Crippen molar-refractivity contribution in [3.05, 3.63) is 95.8 Å². The van der Waals surface area contributed by atoms with Gasteiger partial charge in [0.05, 0.1) is 23.6 Å². The van der Waals surface area contributed by atoms with E-state index in [1.54, 1.807) is 0 Å². The Labute approximate surface area is 259 Å². The van der Waals surface area contributed by atoms with E-state index in [1.807, 2.05) is 95.6 Å². The largest absolute Gasteiger partial charge is 0.398 e. The zero-order valence-corrected chi connectivity index (χ0v) is 26.0. The van der Waals surface area contributed by atoms with Gasteiger partial charge < -0.3 is 4.42 Å². The van der Waals surface area contributed by atoms with Crippen molar-refractivity contribution >= 4 is 65.6 Å². The molecule has 2 aliphatic heterocycles. The molecule has 1 fully saturated rings. The molecular formula is C32H30N2O7S3+2. The molecule has 1 spiro atoms. The Hall–Kier alpha value is -3.52. The summed E-state index contributed by atoms with van der Waals surface area (Å²) in [5.41, 5.74) is 4.30. The summed E-state index contributed by atoms with van der Waals surface area (Å²) >= 11 is 1.47. The highest BCUT2D eigenvalue weighted by atomic mass is 32.2. The van der Waals surface area contributed by atoms with Crippen LogP contribution in [-0.2, 0) is 26.8 Å². The highest BCUT2D eigenvalue weighted by molar-refractivity contribution is 8.03. The molecule has 0 aliphatic carbocycles. The number of rotatable bonds is 8. The Morgan fingerprint density at radius 3 is 2.41 bits per heavy atom. The minimum absolute atomic E-state index is 0.0186. The number of nitrogens with zero attached hydrogens (tertiary/aromatic N) is 2. The Morgan fingerprint density at radius 1 is 0.909 bits per heavy atom. The smallest absolute Gasteiger partial charge is 0.380 e. The number of hydrogen-bond donors (Lipinski definition) is 2. The first kappa shape index (κ1) is 29.2. The predicted octanol–water partition coefficient (Wildman–Crippen LogP) is 6.24. The molecule has 12 heteroatoms. The van der Waals surface area contributed by atoms with Gasteiger partial charge in [0, 0.05) is 17.9 Å². The summed E-state index contributed by atoms with van der Waals surface area (Å²) in [6.07, 6.45) is 2.89. The van der Waals surface area contributed by atoms with E-state index in [-0.39, 0.29) is 16.7 Å². The monoisotopic (exact) mass is 650 g/mol. The van der Waals surface area contributed by atoms with Gasteiger partial charge in [0.25, 0.3) is 15.6 Å². The molecule has 0 bridgehead atoms. The first-order valence-electron chi connectivity index (χ1n) is 14.3. The summed E-state index contributed by atoms with van der Waals surface area (Å²) < 4.78 is 76.3. The van der Waals surface area contributed by atoms with Crippen molar-refractivity contribution in [2.75, 3.05) is 12.3 Å². The SMILES string of the molecule is O=S(=O)(O)CCCC[n+]1c(C=C2Sc3ccc4ccccc4c3[N+]23CCC3S(=O)(=O)O)oc2ccc(-c3ccccc3)cc21. The molecule has 0 radical (unpaired) electrons. The zero-order chi connectivity index (χ0) is 30.7. The second-order valence-electron chi connectivity index (χ2n) is 11.2. The fourth-order valence-corrected chi connectivity index (χ4v) is 9.65. The van der Waals surface area contributed by atoms with E-state index < -0.39 is 25.6 Å². The molecule has 5 aromatic rings. The first-order chi connectivity index (χ1) is 21.0. The summed E-state index contributed by atoms with van der Waals surface area (Å²) in [7, 11) is -8.49. The number of oxazole rings is 1. The lowest BCUT2D eigenvalue weighted by atomic mass is 10.0. The van der Waals surface area contributed by atoms with E-state index in [0.717, 1.165) is 43.0 Å². The second-order valence-corrected chi connectivity index (χ2v) is 15.4. The number of thioether (sulfide) groups is 1. The molecule has 1 aromatic heterocycles. The van der Waals surface area contributed by atoms with Crippen molar-refractivity contribution in [3.8, 4) is 11.1 Å². The van der Waals surface area contributed by atoms with Gasteiger partial charge in [-0.25, -0.2) is 4.48 Å². The van der Waals surface area contributed by atoms with Crippen molar-refractivity contribution in [1.29, 1.82) is 0 Å². The van der Waals surface area contributed by atoms with Crippen molar-refractivity contribution in [1.82, 2.24) is 4.48 Å². The maximum Gasteiger partial charge on any atom is 0.380 e. The summed E-state index contributed by atoms with van der Waals surface area (Å²) in [4.78, 5) is 0.922. The summed E-state index contributed by atoms with van der Waals surface area (Å²) in [6, 6.07) is 27.7. The van der Waals surface area contributed by atoms with Crippen LogP contribution in [0.1, 0.15) is 25.2 Å². The minimum Gasteiger partial charge on any atom is -0.398 e. The van der Waals surface area contributed by atoms with E-state index >= 15 is 0 Å². The van der Waals surface area contributed by atoms with Crippen LogP contribution >= 0.6 is 11.8 Å². The summed E-state index contributed by atoms with van der Waals surface area (Å²) in [5, 5.41) is 1.59. The van der Waals surface area contributed by atoms with E-state index in [0.29, 0.717) is 37.4 Å². The molecule has 0 saturated carbocycles. The molecular weight excluding hydrogens is 621 g/mol. The van der Waals surface area contributed by atoms with Crippen molar-refractivity contribution in [2.24, 2.45) is 0 Å². The third-order valence-corrected chi connectivity index (χ3v) is 11.8. The lowest BCUT2D eigenvalue weighted by Gasteiger charge is -2.47. The van der Waals surface area contributed by atoms with E-state index in [4.69, 9.17) is 4.42 Å². The van der Waals surface area contributed by atoms with Crippen LogP contribution in [0.25, 0.3) is 39.1 Å². The number of fused-ring (bicyclic) bond motifs is 5. The Kier molecular flexibility index (Phi) is 7.19. The van der Waals surface area contributed by atoms with Crippen LogP contribution in [0.3, 0.4) is 0 Å². The summed E-state index contributed by atoms with van der Waals surface area (Å²) in [5.74, 6) is 0.138. The quantitative estimate of drug-likeness (QED) is 0.0876. The van der Waals surface area contributed by atoms with Gasteiger partial charge in [0.1, 0.15) is 6.08 Å². The van der Waals surface area contributed by atoms with Crippen LogP contribution in [-0.4, -0.2) is 43.6 Å². The van der Waals surface area contributed by atoms with Crippen LogP contribution in [0.4, 0.5) is 5.69 Å². The maximum absolute atomic E-state index is 12.8. The standard InChI is InChI=1S/C32H28N2O7S3/c35-43(36,37)19-7-6-17-33-26-20-24(22-8-2-1-3-9-22)12-14-27(26)41-29(33)21-30-34(18-16-31(34)44(38,39)40)32-25-11-5-4-10-23(25)13-15-28(32)42-30/h1-5,8-15,20-21,31H,6-7,16-19H2/p+2. The van der Waals surface area contributed by atoms with Crippen LogP contribution in [0.5, 0.6) is 0 Å². The van der Waals surface area contributed by atoms with E-state index in [9.17, 15) is 25.9 Å². The first-order valence-corrected chi connectivity index (χ1v) is 18.2. The molecule has 4 aromatic carbocycles. The molecule has 44 heavy (non-hydrogen) atoms. The number of unbranched alkanes of at least 4 members (excludes halogenated alkanes) is 1. The lowest BCUT2D eigenvalue weighted by Crippen LogP contribution is -2.66. The second kappa shape index (κ2) is 10.8. The van der Waals surface area contributed by atoms with Crippen molar-refractivity contribution < 1.29 is 34.9 Å². The summed E-state index contributed by atoms with van der Waals surface area (Å²) in [6.45, 7) is 0.902. The maximum atomic E-state index is 12.8. The average Bonchev–Trinajstić information content (AvgIpc) is 3.49. The third kappa shape index (κ3) is 5.05.